The van der Waals surface area contributed by atoms with Gasteiger partial charge in [0.2, 0.25) is 0 Å². The molecule has 3 aromatic heterocycles. The van der Waals surface area contributed by atoms with E-state index in [0.29, 0.717) is 30.6 Å². The Morgan fingerprint density at radius 3 is 1.42 bits per heavy atom. The van der Waals surface area contributed by atoms with E-state index in [1.165, 1.54) is 30.1 Å². The Morgan fingerprint density at radius 2 is 0.946 bits per heavy atom. The molecule has 0 spiro atoms. The summed E-state index contributed by atoms with van der Waals surface area (Å²) in [6.45, 7) is 1.88. The van der Waals surface area contributed by atoms with Gasteiger partial charge in [-0.3, -0.25) is 19.3 Å². The maximum Gasteiger partial charge on any atom is 0.349 e. The van der Waals surface area contributed by atoms with E-state index < -0.39 is 29.7 Å². The molecule has 5 N–H and O–H groups in total. The van der Waals surface area contributed by atoms with Crippen LogP contribution in [0.1, 0.15) is 65.7 Å². The molecule has 6 aromatic carbocycles. The topological polar surface area (TPSA) is 229 Å². The van der Waals surface area contributed by atoms with Crippen LogP contribution in [0.3, 0.4) is 0 Å². The molecule has 21 heteroatoms. The lowest BCUT2D eigenvalue weighted by molar-refractivity contribution is 0.0691. The van der Waals surface area contributed by atoms with E-state index in [9.17, 15) is 44.1 Å². The van der Waals surface area contributed by atoms with Gasteiger partial charge in [-0.05, 0) is 49.4 Å². The number of rotatable bonds is 12. The molecule has 9 aromatic rings. The zero-order chi connectivity index (χ0) is 53.1. The van der Waals surface area contributed by atoms with Gasteiger partial charge in [-0.25, -0.2) is 29.3 Å². The lowest BCUT2D eigenvalue weighted by Gasteiger charge is -2.16. The summed E-state index contributed by atoms with van der Waals surface area (Å²) in [5.74, 6) is -4.63. The molecule has 0 aliphatic rings. The summed E-state index contributed by atoms with van der Waals surface area (Å²) >= 11 is 21.0. The second-order valence-corrected chi connectivity index (χ2v) is 19.6. The van der Waals surface area contributed by atoms with Crippen LogP contribution in [0.15, 0.2) is 158 Å². The predicted molar refractivity (Wildman–Crippen MR) is 291 cm³/mol. The van der Waals surface area contributed by atoms with E-state index in [4.69, 9.17) is 34.8 Å². The molecule has 15 nitrogen and oxygen atoms in total. The number of halogens is 3. The largest absolute Gasteiger partial charge is 0.477 e. The van der Waals surface area contributed by atoms with Crippen molar-refractivity contribution in [3.63, 3.8) is 0 Å². The summed E-state index contributed by atoms with van der Waals surface area (Å²) in [4.78, 5) is 86.1. The monoisotopic (exact) mass is 1100 g/mol. The highest BCUT2D eigenvalue weighted by Crippen LogP contribution is 2.35. The van der Waals surface area contributed by atoms with E-state index in [1.54, 1.807) is 42.5 Å². The van der Waals surface area contributed by atoms with Crippen molar-refractivity contribution >= 4 is 122 Å². The molecule has 9 rings (SSSR count). The van der Waals surface area contributed by atoms with Crippen LogP contribution < -0.4 is 15.5 Å². The SMILES string of the molecule is CN(C(=O)c1ccccc1Cl)c1nc(-c2ccccc2)sc1C(=O)O.Cc1cccc(C(=O)Nc2nc(-c3ccccc3)sc2C(=O)O)c1.O=C(Nc1nc(-c2ccccc2)sc1C(=O)O)c1ccc(Cl)cc1Cl. The van der Waals surface area contributed by atoms with Gasteiger partial charge in [0.25, 0.3) is 17.7 Å². The minimum Gasteiger partial charge on any atom is -0.477 e. The number of amides is 3. The molecule has 0 unspecified atom stereocenters. The first-order valence-electron chi connectivity index (χ1n) is 21.5. The molecule has 0 fully saturated rings. The molecule has 0 bridgehead atoms. The molecule has 0 aliphatic heterocycles. The van der Waals surface area contributed by atoms with Gasteiger partial charge in [0, 0.05) is 34.3 Å². The third-order valence-electron chi connectivity index (χ3n) is 10.2. The number of carboxylic acid groups (broad SMARTS) is 3. The number of benzene rings is 6. The third kappa shape index (κ3) is 13.3. The van der Waals surface area contributed by atoms with Gasteiger partial charge in [0.15, 0.2) is 32.1 Å². The fourth-order valence-corrected chi connectivity index (χ4v) is 10.00. The number of thiazole rings is 3. The minimum absolute atomic E-state index is 0.00163. The number of aromatic nitrogens is 3. The molecule has 3 amide bonds. The van der Waals surface area contributed by atoms with Crippen molar-refractivity contribution in [2.24, 2.45) is 0 Å². The molecular weight excluding hydrogens is 1070 g/mol. The number of anilines is 3. The van der Waals surface area contributed by atoms with E-state index in [2.05, 4.69) is 25.6 Å². The first-order chi connectivity index (χ1) is 35.5. The van der Waals surface area contributed by atoms with Crippen LogP contribution in [-0.4, -0.2) is 72.9 Å². The van der Waals surface area contributed by atoms with E-state index in [-0.39, 0.29) is 54.1 Å². The Labute approximate surface area is 449 Å². The minimum atomic E-state index is -1.17. The number of aromatic carboxylic acids is 3. The van der Waals surface area contributed by atoms with Crippen LogP contribution in [0.25, 0.3) is 31.7 Å². The van der Waals surface area contributed by atoms with Gasteiger partial charge in [0.1, 0.15) is 15.0 Å². The number of hydrogen-bond donors (Lipinski definition) is 5. The molecular formula is C53H37Cl3N6O9S3. The van der Waals surface area contributed by atoms with Crippen molar-refractivity contribution in [1.82, 2.24) is 15.0 Å². The molecule has 0 atom stereocenters. The van der Waals surface area contributed by atoms with Crippen molar-refractivity contribution in [1.29, 1.82) is 0 Å². The lowest BCUT2D eigenvalue weighted by Crippen LogP contribution is -2.28. The predicted octanol–water partition coefficient (Wildman–Crippen LogP) is 13.6. The van der Waals surface area contributed by atoms with Crippen LogP contribution in [0.4, 0.5) is 17.5 Å². The van der Waals surface area contributed by atoms with Crippen LogP contribution in [-0.2, 0) is 0 Å². The van der Waals surface area contributed by atoms with Crippen molar-refractivity contribution in [2.75, 3.05) is 22.6 Å². The maximum absolute atomic E-state index is 12.7. The number of carbonyl (C=O) groups excluding carboxylic acids is 3. The van der Waals surface area contributed by atoms with Gasteiger partial charge < -0.3 is 26.0 Å². The van der Waals surface area contributed by atoms with Crippen molar-refractivity contribution in [3.05, 3.63) is 210 Å². The summed E-state index contributed by atoms with van der Waals surface area (Å²) in [6.07, 6.45) is 0. The fourth-order valence-electron chi connectivity index (χ4n) is 6.62. The normalized spacial score (nSPS) is 10.4. The number of carboxylic acids is 3. The summed E-state index contributed by atoms with van der Waals surface area (Å²) in [5.41, 5.74) is 4.24. The summed E-state index contributed by atoms with van der Waals surface area (Å²) in [5, 5.41) is 35.8. The van der Waals surface area contributed by atoms with E-state index >= 15 is 0 Å². The Balaban J connectivity index is 0.000000162. The average molecular weight is 1100 g/mol. The first kappa shape index (κ1) is 53.7. The van der Waals surface area contributed by atoms with Gasteiger partial charge in [0.05, 0.1) is 21.2 Å². The molecule has 372 valence electrons. The zero-order valence-electron chi connectivity index (χ0n) is 38.4. The van der Waals surface area contributed by atoms with Gasteiger partial charge >= 0.3 is 17.9 Å². The number of nitrogens with zero attached hydrogens (tertiary/aromatic N) is 4. The highest BCUT2D eigenvalue weighted by Gasteiger charge is 2.27. The van der Waals surface area contributed by atoms with Crippen LogP contribution in [0.5, 0.6) is 0 Å². The summed E-state index contributed by atoms with van der Waals surface area (Å²) in [7, 11) is 1.49. The van der Waals surface area contributed by atoms with Gasteiger partial charge in [-0.15, -0.1) is 34.0 Å². The lowest BCUT2D eigenvalue weighted by atomic mass is 10.1. The maximum atomic E-state index is 12.7. The zero-order valence-corrected chi connectivity index (χ0v) is 43.2. The third-order valence-corrected chi connectivity index (χ3v) is 14.3. The van der Waals surface area contributed by atoms with Gasteiger partial charge in [-0.1, -0.05) is 156 Å². The number of aryl methyl sites for hydroxylation is 1. The average Bonchev–Trinajstić information content (AvgIpc) is 4.16. The number of carbonyl (C=O) groups is 6. The molecule has 0 saturated carbocycles. The smallest absolute Gasteiger partial charge is 0.349 e. The summed E-state index contributed by atoms with van der Waals surface area (Å²) < 4.78 is 0. The van der Waals surface area contributed by atoms with Crippen molar-refractivity contribution < 1.29 is 44.1 Å². The van der Waals surface area contributed by atoms with Crippen molar-refractivity contribution in [3.8, 4) is 31.7 Å². The molecule has 0 saturated heterocycles. The fraction of sp³-hybridized carbons (Fsp3) is 0.0377. The summed E-state index contributed by atoms with van der Waals surface area (Å²) in [6, 6.07) is 45.7. The number of hydrogen-bond acceptors (Lipinski definition) is 12. The van der Waals surface area contributed by atoms with Crippen molar-refractivity contribution in [2.45, 2.75) is 6.92 Å². The number of nitrogens with one attached hydrogen (secondary N) is 2. The second-order valence-electron chi connectivity index (χ2n) is 15.3. The molecule has 3 heterocycles. The Hall–Kier alpha value is -8.10. The van der Waals surface area contributed by atoms with Gasteiger partial charge in [-0.2, -0.15) is 0 Å². The quantitative estimate of drug-likeness (QED) is 0.0769. The Morgan fingerprint density at radius 1 is 0.486 bits per heavy atom. The second kappa shape index (κ2) is 24.5. The first-order valence-corrected chi connectivity index (χ1v) is 25.1. The highest BCUT2D eigenvalue weighted by atomic mass is 35.5. The molecule has 74 heavy (non-hydrogen) atoms. The molecule has 0 radical (unpaired) electrons. The Kier molecular flexibility index (Phi) is 17.8. The van der Waals surface area contributed by atoms with E-state index in [1.807, 2.05) is 104 Å². The van der Waals surface area contributed by atoms with Crippen LogP contribution in [0.2, 0.25) is 15.1 Å². The van der Waals surface area contributed by atoms with Crippen LogP contribution >= 0.6 is 68.8 Å². The highest BCUT2D eigenvalue weighted by molar-refractivity contribution is 7.18. The van der Waals surface area contributed by atoms with Crippen LogP contribution in [0, 0.1) is 6.92 Å². The standard InChI is InChI=1S/C18H13ClN2O3S.C18H14N2O3S.C17H10Cl2N2O3S/c1-21(17(22)12-9-5-6-10-13(12)19)15-14(18(23)24)25-16(20-15)11-7-3-2-4-8-11;1-11-6-5-9-13(10-11)16(21)19-15-14(18(22)23)24-17(20-15)12-7-3-2-4-8-12;18-10-6-7-11(12(19)8-10)15(22)20-14-13(17(23)24)25-16(21-14)9-4-2-1-3-5-9/h2-10H,1H3,(H,23,24);2-10H,1H3,(H,19,21)(H,22,23);1-8H,(H,20,22)(H,23,24). The molecule has 0 aliphatic carbocycles. The Bertz CT molecular complexity index is 3540. The van der Waals surface area contributed by atoms with E-state index in [0.717, 1.165) is 56.3 Å².